The minimum absolute atomic E-state index is 0.198. The van der Waals surface area contributed by atoms with Crippen LogP contribution in [0.2, 0.25) is 0 Å². The van der Waals surface area contributed by atoms with Crippen LogP contribution in [0.5, 0.6) is 17.2 Å². The molecule has 0 fully saturated rings. The van der Waals surface area contributed by atoms with Crippen molar-refractivity contribution in [2.45, 2.75) is 13.2 Å². The lowest BCUT2D eigenvalue weighted by atomic mass is 10.2. The van der Waals surface area contributed by atoms with Gasteiger partial charge in [0.25, 0.3) is 5.91 Å². The molecule has 1 aliphatic heterocycles. The van der Waals surface area contributed by atoms with E-state index in [1.165, 1.54) is 12.3 Å². The molecule has 0 unspecified atom stereocenters. The zero-order chi connectivity index (χ0) is 20.2. The van der Waals surface area contributed by atoms with Gasteiger partial charge in [-0.3, -0.25) is 9.59 Å². The Morgan fingerprint density at radius 3 is 2.69 bits per heavy atom. The number of nitrogens with one attached hydrogen (secondary N) is 1. The first-order valence-electron chi connectivity index (χ1n) is 9.14. The van der Waals surface area contributed by atoms with Crippen LogP contribution in [0.4, 0.5) is 0 Å². The van der Waals surface area contributed by atoms with Gasteiger partial charge in [0.2, 0.25) is 12.2 Å². The summed E-state index contributed by atoms with van der Waals surface area (Å²) in [5.74, 6) is 1.19. The number of rotatable bonds is 6. The molecule has 29 heavy (non-hydrogen) atoms. The van der Waals surface area contributed by atoms with E-state index in [0.717, 1.165) is 11.1 Å². The fraction of sp³-hybridized carbons (Fsp3) is 0.182. The molecular formula is C22H20N2O5. The molecule has 7 heteroatoms. The Morgan fingerprint density at radius 1 is 1.07 bits per heavy atom. The SMILES string of the molecule is Cn1cc(OCc2ccccc2)c(=O)cc1C(=O)NCc1ccc2c(c1)OCO2. The van der Waals surface area contributed by atoms with Gasteiger partial charge in [-0.05, 0) is 23.3 Å². The van der Waals surface area contributed by atoms with E-state index in [-0.39, 0.29) is 36.2 Å². The molecule has 0 spiro atoms. The van der Waals surface area contributed by atoms with Crippen molar-refractivity contribution in [1.82, 2.24) is 9.88 Å². The van der Waals surface area contributed by atoms with Crippen LogP contribution in [0.3, 0.4) is 0 Å². The zero-order valence-electron chi connectivity index (χ0n) is 15.9. The Bertz CT molecular complexity index is 1090. The molecule has 0 bridgehead atoms. The molecular weight excluding hydrogens is 372 g/mol. The second-order valence-corrected chi connectivity index (χ2v) is 6.64. The molecule has 3 aromatic rings. The molecule has 0 radical (unpaired) electrons. The highest BCUT2D eigenvalue weighted by atomic mass is 16.7. The lowest BCUT2D eigenvalue weighted by Crippen LogP contribution is -2.27. The van der Waals surface area contributed by atoms with Crippen LogP contribution >= 0.6 is 0 Å². The molecule has 0 saturated heterocycles. The van der Waals surface area contributed by atoms with Crippen molar-refractivity contribution in [2.24, 2.45) is 7.05 Å². The predicted molar refractivity (Wildman–Crippen MR) is 106 cm³/mol. The number of carbonyl (C=O) groups excluding carboxylic acids is 1. The molecule has 1 aliphatic rings. The van der Waals surface area contributed by atoms with Gasteiger partial charge in [-0.1, -0.05) is 36.4 Å². The highest BCUT2D eigenvalue weighted by molar-refractivity contribution is 5.92. The molecule has 1 N–H and O–H groups in total. The molecule has 2 aromatic carbocycles. The number of pyridine rings is 1. The maximum absolute atomic E-state index is 12.5. The third kappa shape index (κ3) is 4.24. The van der Waals surface area contributed by atoms with Gasteiger partial charge in [-0.2, -0.15) is 0 Å². The summed E-state index contributed by atoms with van der Waals surface area (Å²) in [6.07, 6.45) is 1.53. The second-order valence-electron chi connectivity index (χ2n) is 6.64. The van der Waals surface area contributed by atoms with Crippen LogP contribution in [0, 0.1) is 0 Å². The highest BCUT2D eigenvalue weighted by Gasteiger charge is 2.15. The molecule has 1 amide bonds. The third-order valence-corrected chi connectivity index (χ3v) is 4.56. The van der Waals surface area contributed by atoms with Gasteiger partial charge in [-0.25, -0.2) is 0 Å². The summed E-state index contributed by atoms with van der Waals surface area (Å²) in [6.45, 7) is 0.785. The van der Waals surface area contributed by atoms with Crippen LogP contribution in [0.25, 0.3) is 0 Å². The van der Waals surface area contributed by atoms with E-state index in [1.54, 1.807) is 17.7 Å². The number of fused-ring (bicyclic) bond motifs is 1. The Hall–Kier alpha value is -3.74. The quantitative estimate of drug-likeness (QED) is 0.698. The number of hydrogen-bond acceptors (Lipinski definition) is 5. The Labute approximate surface area is 167 Å². The monoisotopic (exact) mass is 392 g/mol. The number of hydrogen-bond donors (Lipinski definition) is 1. The van der Waals surface area contributed by atoms with Gasteiger partial charge in [-0.15, -0.1) is 0 Å². The summed E-state index contributed by atoms with van der Waals surface area (Å²) in [6, 6.07) is 16.3. The number of nitrogens with zero attached hydrogens (tertiary/aromatic N) is 1. The van der Waals surface area contributed by atoms with Gasteiger partial charge >= 0.3 is 0 Å². The van der Waals surface area contributed by atoms with E-state index >= 15 is 0 Å². The van der Waals surface area contributed by atoms with E-state index in [9.17, 15) is 9.59 Å². The third-order valence-electron chi connectivity index (χ3n) is 4.56. The van der Waals surface area contributed by atoms with Crippen LogP contribution in [0.1, 0.15) is 21.6 Å². The van der Waals surface area contributed by atoms with E-state index in [2.05, 4.69) is 5.32 Å². The maximum Gasteiger partial charge on any atom is 0.268 e. The number of amides is 1. The fourth-order valence-electron chi connectivity index (χ4n) is 3.00. The van der Waals surface area contributed by atoms with Gasteiger partial charge in [0.1, 0.15) is 12.3 Å². The average molecular weight is 392 g/mol. The summed E-state index contributed by atoms with van der Waals surface area (Å²) >= 11 is 0. The molecule has 0 atom stereocenters. The zero-order valence-corrected chi connectivity index (χ0v) is 15.9. The summed E-state index contributed by atoms with van der Waals surface area (Å²) in [5, 5.41) is 2.82. The molecule has 148 valence electrons. The topological polar surface area (TPSA) is 78.8 Å². The van der Waals surface area contributed by atoms with Gasteiger partial charge in [0.15, 0.2) is 17.2 Å². The lowest BCUT2D eigenvalue weighted by molar-refractivity contribution is 0.0941. The van der Waals surface area contributed by atoms with Crippen LogP contribution in [-0.4, -0.2) is 17.3 Å². The van der Waals surface area contributed by atoms with Crippen molar-refractivity contribution in [3.05, 3.63) is 87.8 Å². The Balaban J connectivity index is 1.42. The standard InChI is InChI=1S/C22H20N2O5/c1-24-12-21(27-13-15-5-3-2-4-6-15)18(25)10-17(24)22(26)23-11-16-7-8-19-20(9-16)29-14-28-19/h2-10,12H,11,13-14H2,1H3,(H,23,26). The molecule has 4 rings (SSSR count). The normalized spacial score (nSPS) is 11.9. The summed E-state index contributed by atoms with van der Waals surface area (Å²) in [5.41, 5.74) is 1.74. The first-order valence-corrected chi connectivity index (χ1v) is 9.14. The molecule has 2 heterocycles. The molecule has 7 nitrogen and oxygen atoms in total. The number of aryl methyl sites for hydroxylation is 1. The Kier molecular flexibility index (Phi) is 5.20. The fourth-order valence-corrected chi connectivity index (χ4v) is 3.00. The highest BCUT2D eigenvalue weighted by Crippen LogP contribution is 2.32. The summed E-state index contributed by atoms with van der Waals surface area (Å²) < 4.78 is 17.8. The number of aromatic nitrogens is 1. The predicted octanol–water partition coefficient (Wildman–Crippen LogP) is 2.62. The average Bonchev–Trinajstić information content (AvgIpc) is 3.21. The number of carbonyl (C=O) groups is 1. The molecule has 1 aromatic heterocycles. The van der Waals surface area contributed by atoms with Gasteiger partial charge in [0, 0.05) is 19.7 Å². The van der Waals surface area contributed by atoms with Crippen LogP contribution in [0.15, 0.2) is 65.6 Å². The van der Waals surface area contributed by atoms with Crippen molar-refractivity contribution < 1.29 is 19.0 Å². The largest absolute Gasteiger partial charge is 0.483 e. The Morgan fingerprint density at radius 2 is 1.86 bits per heavy atom. The smallest absolute Gasteiger partial charge is 0.268 e. The van der Waals surface area contributed by atoms with Crippen molar-refractivity contribution >= 4 is 5.91 Å². The maximum atomic E-state index is 12.5. The summed E-state index contributed by atoms with van der Waals surface area (Å²) in [7, 11) is 1.70. The number of ether oxygens (including phenoxy) is 3. The van der Waals surface area contributed by atoms with Crippen molar-refractivity contribution in [1.29, 1.82) is 0 Å². The van der Waals surface area contributed by atoms with Gasteiger partial charge in [0.05, 0.1) is 6.20 Å². The van der Waals surface area contributed by atoms with Gasteiger partial charge < -0.3 is 24.1 Å². The van der Waals surface area contributed by atoms with Crippen LogP contribution in [-0.2, 0) is 20.2 Å². The van der Waals surface area contributed by atoms with E-state index < -0.39 is 0 Å². The first kappa shape index (κ1) is 18.6. The minimum Gasteiger partial charge on any atom is -0.483 e. The summed E-state index contributed by atoms with van der Waals surface area (Å²) in [4.78, 5) is 24.9. The van der Waals surface area contributed by atoms with Crippen molar-refractivity contribution in [2.75, 3.05) is 6.79 Å². The molecule has 0 aliphatic carbocycles. The molecule has 0 saturated carbocycles. The first-order chi connectivity index (χ1) is 14.1. The van der Waals surface area contributed by atoms with E-state index in [1.807, 2.05) is 42.5 Å². The number of benzene rings is 2. The minimum atomic E-state index is -0.350. The van der Waals surface area contributed by atoms with Crippen LogP contribution < -0.4 is 25.0 Å². The van der Waals surface area contributed by atoms with Crippen molar-refractivity contribution in [3.63, 3.8) is 0 Å². The van der Waals surface area contributed by atoms with Crippen molar-refractivity contribution in [3.8, 4) is 17.2 Å². The van der Waals surface area contributed by atoms with E-state index in [4.69, 9.17) is 14.2 Å². The second kappa shape index (κ2) is 8.10. The lowest BCUT2D eigenvalue weighted by Gasteiger charge is -2.12. The van der Waals surface area contributed by atoms with E-state index in [0.29, 0.717) is 18.0 Å².